The molecule has 0 fully saturated rings. The Labute approximate surface area is 92.3 Å². The first-order valence-corrected chi connectivity index (χ1v) is 5.43. The Hall–Kier alpha value is -1.81. The second kappa shape index (κ2) is 4.81. The smallest absolute Gasteiger partial charge is 0.267 e. The maximum Gasteiger partial charge on any atom is 0.267 e. The van der Waals surface area contributed by atoms with Crippen molar-refractivity contribution in [2.45, 2.75) is 32.1 Å². The predicted molar refractivity (Wildman–Crippen MR) is 59.2 cm³/mol. The van der Waals surface area contributed by atoms with Crippen molar-refractivity contribution in [2.75, 3.05) is 6.54 Å². The lowest BCUT2D eigenvalue weighted by Crippen LogP contribution is -2.23. The summed E-state index contributed by atoms with van der Waals surface area (Å²) in [6.45, 7) is 0.391. The normalized spacial score (nSPS) is 14.0. The Kier molecular flexibility index (Phi) is 3.22. The lowest BCUT2D eigenvalue weighted by atomic mass is 9.91. The summed E-state index contributed by atoms with van der Waals surface area (Å²) in [5.41, 5.74) is 11.0. The van der Waals surface area contributed by atoms with E-state index in [-0.39, 0.29) is 5.56 Å². The van der Waals surface area contributed by atoms with Crippen LogP contribution in [-0.2, 0) is 19.3 Å². The summed E-state index contributed by atoms with van der Waals surface area (Å²) in [5, 5.41) is 10.0. The molecule has 0 unspecified atom stereocenters. The number of nitrogens with zero attached hydrogens (tertiary/aromatic N) is 4. The minimum Gasteiger partial charge on any atom is -0.268 e. The largest absolute Gasteiger partial charge is 0.268 e. The molecule has 0 amide bonds. The zero-order valence-electron chi connectivity index (χ0n) is 8.94. The monoisotopic (exact) mass is 219 g/mol. The molecule has 1 heterocycles. The van der Waals surface area contributed by atoms with Crippen molar-refractivity contribution in [3.05, 3.63) is 37.6 Å². The molecule has 6 nitrogen and oxygen atoms in total. The third-order valence-corrected chi connectivity index (χ3v) is 2.89. The molecule has 84 valence electrons. The molecule has 1 N–H and O–H groups in total. The third kappa shape index (κ3) is 2.06. The van der Waals surface area contributed by atoms with Crippen molar-refractivity contribution in [3.8, 4) is 0 Å². The first kappa shape index (κ1) is 10.7. The minimum atomic E-state index is -0.0674. The Bertz CT molecular complexity index is 486. The summed E-state index contributed by atoms with van der Waals surface area (Å²) in [6, 6.07) is 0. The van der Waals surface area contributed by atoms with E-state index in [1.165, 1.54) is 0 Å². The van der Waals surface area contributed by atoms with E-state index >= 15 is 0 Å². The highest BCUT2D eigenvalue weighted by Gasteiger charge is 2.16. The van der Waals surface area contributed by atoms with Gasteiger partial charge in [-0.25, -0.2) is 5.10 Å². The lowest BCUT2D eigenvalue weighted by molar-refractivity contribution is 0.650. The Morgan fingerprint density at radius 1 is 1.38 bits per heavy atom. The molecule has 0 bridgehead atoms. The number of rotatable bonds is 3. The van der Waals surface area contributed by atoms with E-state index < -0.39 is 0 Å². The molecule has 6 heteroatoms. The summed E-state index contributed by atoms with van der Waals surface area (Å²) in [5.74, 6) is 0. The fourth-order valence-electron chi connectivity index (χ4n) is 2.13. The van der Waals surface area contributed by atoms with Crippen LogP contribution in [0.15, 0.2) is 9.91 Å². The van der Waals surface area contributed by atoms with E-state index in [0.29, 0.717) is 13.0 Å². The van der Waals surface area contributed by atoms with E-state index in [1.807, 2.05) is 0 Å². The van der Waals surface area contributed by atoms with Crippen LogP contribution in [0.2, 0.25) is 0 Å². The number of aromatic amines is 1. The molecule has 0 saturated heterocycles. The van der Waals surface area contributed by atoms with Gasteiger partial charge in [-0.15, -0.1) is 0 Å². The Morgan fingerprint density at radius 3 is 2.88 bits per heavy atom. The second-order valence-corrected chi connectivity index (χ2v) is 3.87. The van der Waals surface area contributed by atoms with Crippen LogP contribution in [0, 0.1) is 0 Å². The van der Waals surface area contributed by atoms with Gasteiger partial charge in [0.05, 0.1) is 5.69 Å². The van der Waals surface area contributed by atoms with Crippen molar-refractivity contribution in [3.63, 3.8) is 0 Å². The van der Waals surface area contributed by atoms with E-state index in [0.717, 1.165) is 42.5 Å². The zero-order valence-corrected chi connectivity index (χ0v) is 8.94. The number of hydrogen-bond acceptors (Lipinski definition) is 3. The molecule has 16 heavy (non-hydrogen) atoms. The summed E-state index contributed by atoms with van der Waals surface area (Å²) in [7, 11) is 0. The fraction of sp³-hybridized carbons (Fsp3) is 0.600. The number of aromatic nitrogens is 2. The SMILES string of the molecule is [N-]=[N+]=NCCc1n[nH]c(=O)c2c1CCCC2. The van der Waals surface area contributed by atoms with Crippen molar-refractivity contribution in [1.29, 1.82) is 0 Å². The molecule has 0 saturated carbocycles. The molecule has 1 aliphatic carbocycles. The number of azide groups is 1. The maximum atomic E-state index is 11.5. The standard InChI is InChI=1S/C10H13N5O/c11-15-12-6-5-9-7-3-1-2-4-8(7)10(16)14-13-9/h1-6H2,(H,14,16). The molecule has 0 aromatic carbocycles. The van der Waals surface area contributed by atoms with Crippen LogP contribution in [0.4, 0.5) is 0 Å². The van der Waals surface area contributed by atoms with Gasteiger partial charge in [0.15, 0.2) is 0 Å². The van der Waals surface area contributed by atoms with Gasteiger partial charge in [-0.3, -0.25) is 4.79 Å². The Balaban J connectivity index is 2.31. The predicted octanol–water partition coefficient (Wildman–Crippen LogP) is 1.50. The summed E-state index contributed by atoms with van der Waals surface area (Å²) < 4.78 is 0. The maximum absolute atomic E-state index is 11.5. The number of H-pyrrole nitrogens is 1. The van der Waals surface area contributed by atoms with Gasteiger partial charge in [0.1, 0.15) is 0 Å². The van der Waals surface area contributed by atoms with Crippen molar-refractivity contribution >= 4 is 0 Å². The highest BCUT2D eigenvalue weighted by molar-refractivity contribution is 5.30. The van der Waals surface area contributed by atoms with Crippen LogP contribution >= 0.6 is 0 Å². The van der Waals surface area contributed by atoms with Gasteiger partial charge < -0.3 is 0 Å². The highest BCUT2D eigenvalue weighted by Crippen LogP contribution is 2.20. The zero-order chi connectivity index (χ0) is 11.4. The molecular weight excluding hydrogens is 206 g/mol. The first-order chi connectivity index (χ1) is 7.83. The third-order valence-electron chi connectivity index (χ3n) is 2.89. The molecule has 1 aromatic heterocycles. The molecule has 0 aliphatic heterocycles. The van der Waals surface area contributed by atoms with Gasteiger partial charge in [-0.1, -0.05) is 5.11 Å². The average Bonchev–Trinajstić information content (AvgIpc) is 2.33. The molecule has 0 spiro atoms. The van der Waals surface area contributed by atoms with Gasteiger partial charge in [0.25, 0.3) is 5.56 Å². The minimum absolute atomic E-state index is 0.0674. The van der Waals surface area contributed by atoms with Gasteiger partial charge >= 0.3 is 0 Å². The van der Waals surface area contributed by atoms with Gasteiger partial charge in [-0.2, -0.15) is 5.10 Å². The number of nitrogens with one attached hydrogen (secondary N) is 1. The van der Waals surface area contributed by atoms with Crippen molar-refractivity contribution in [2.24, 2.45) is 5.11 Å². The average molecular weight is 219 g/mol. The van der Waals surface area contributed by atoms with Gasteiger partial charge in [0.2, 0.25) is 0 Å². The van der Waals surface area contributed by atoms with Crippen LogP contribution in [-0.4, -0.2) is 16.7 Å². The fourth-order valence-corrected chi connectivity index (χ4v) is 2.13. The first-order valence-electron chi connectivity index (χ1n) is 5.43. The van der Waals surface area contributed by atoms with E-state index in [2.05, 4.69) is 20.2 Å². The van der Waals surface area contributed by atoms with Crippen LogP contribution in [0.1, 0.15) is 29.7 Å². The van der Waals surface area contributed by atoms with Crippen molar-refractivity contribution < 1.29 is 0 Å². The lowest BCUT2D eigenvalue weighted by Gasteiger charge is -2.16. The molecule has 1 aliphatic rings. The van der Waals surface area contributed by atoms with Gasteiger partial charge in [0, 0.05) is 17.0 Å². The van der Waals surface area contributed by atoms with Gasteiger partial charge in [-0.05, 0) is 43.2 Å². The van der Waals surface area contributed by atoms with Crippen LogP contribution in [0.25, 0.3) is 10.4 Å². The highest BCUT2D eigenvalue weighted by atomic mass is 16.1. The summed E-state index contributed by atoms with van der Waals surface area (Å²) in [4.78, 5) is 14.3. The molecule has 1 aromatic rings. The molecule has 0 atom stereocenters. The van der Waals surface area contributed by atoms with E-state index in [1.54, 1.807) is 0 Å². The van der Waals surface area contributed by atoms with Crippen LogP contribution < -0.4 is 5.56 Å². The van der Waals surface area contributed by atoms with Crippen LogP contribution in [0.5, 0.6) is 0 Å². The van der Waals surface area contributed by atoms with Crippen molar-refractivity contribution in [1.82, 2.24) is 10.2 Å². The summed E-state index contributed by atoms with van der Waals surface area (Å²) >= 11 is 0. The van der Waals surface area contributed by atoms with E-state index in [9.17, 15) is 4.79 Å². The molecule has 2 rings (SSSR count). The quantitative estimate of drug-likeness (QED) is 0.473. The topological polar surface area (TPSA) is 94.5 Å². The van der Waals surface area contributed by atoms with E-state index in [4.69, 9.17) is 5.53 Å². The second-order valence-electron chi connectivity index (χ2n) is 3.87. The number of hydrogen-bond donors (Lipinski definition) is 1. The van der Waals surface area contributed by atoms with Crippen LogP contribution in [0.3, 0.4) is 0 Å². The molecular formula is C10H13N5O. The molecule has 0 radical (unpaired) electrons. The summed E-state index contributed by atoms with van der Waals surface area (Å²) in [6.07, 6.45) is 4.52. The number of fused-ring (bicyclic) bond motifs is 1. The Morgan fingerprint density at radius 2 is 2.12 bits per heavy atom.